The van der Waals surface area contributed by atoms with Gasteiger partial charge in [-0.1, -0.05) is 48.5 Å². The van der Waals surface area contributed by atoms with E-state index in [2.05, 4.69) is 15.0 Å². The van der Waals surface area contributed by atoms with Gasteiger partial charge in [-0.05, 0) is 42.0 Å². The van der Waals surface area contributed by atoms with Gasteiger partial charge in [0, 0.05) is 22.2 Å². The molecule has 6 nitrogen and oxygen atoms in total. The smallest absolute Gasteiger partial charge is 0.263 e. The van der Waals surface area contributed by atoms with Crippen LogP contribution in [0.3, 0.4) is 0 Å². The molecule has 1 aromatic heterocycles. The minimum atomic E-state index is -3.75. The molecule has 0 aliphatic carbocycles. The highest BCUT2D eigenvalue weighted by atomic mass is 32.2. The fourth-order valence-corrected chi connectivity index (χ4v) is 5.74. The van der Waals surface area contributed by atoms with Crippen molar-refractivity contribution in [1.82, 2.24) is 4.98 Å². The van der Waals surface area contributed by atoms with Gasteiger partial charge in [0.1, 0.15) is 5.25 Å². The summed E-state index contributed by atoms with van der Waals surface area (Å²) in [6, 6.07) is 25.3. The number of sulfonamides is 1. The summed E-state index contributed by atoms with van der Waals surface area (Å²) in [5, 5.41) is 4.42. The highest BCUT2D eigenvalue weighted by Gasteiger charge is 2.22. The number of hydrogen-bond acceptors (Lipinski definition) is 6. The molecule has 1 atom stereocenters. The van der Waals surface area contributed by atoms with Crippen LogP contribution < -0.4 is 10.0 Å². The first-order valence-corrected chi connectivity index (χ1v) is 12.9. The van der Waals surface area contributed by atoms with E-state index in [-0.39, 0.29) is 10.8 Å². The second-order valence-corrected chi connectivity index (χ2v) is 10.4. The Bertz CT molecular complexity index is 1260. The minimum Gasteiger partial charge on any atom is -0.325 e. The van der Waals surface area contributed by atoms with Crippen molar-refractivity contribution in [3.05, 3.63) is 102 Å². The third-order valence-electron chi connectivity index (χ3n) is 4.42. The lowest BCUT2D eigenvalue weighted by molar-refractivity contribution is -0.115. The molecule has 162 valence electrons. The van der Waals surface area contributed by atoms with Crippen molar-refractivity contribution in [2.24, 2.45) is 0 Å². The molecule has 2 N–H and O–H groups in total. The van der Waals surface area contributed by atoms with Gasteiger partial charge in [-0.3, -0.25) is 9.52 Å². The third kappa shape index (κ3) is 5.56. The Labute approximate surface area is 194 Å². The first-order chi connectivity index (χ1) is 15.5. The molecule has 0 bridgehead atoms. The van der Waals surface area contributed by atoms with Crippen LogP contribution in [0.1, 0.15) is 10.8 Å². The summed E-state index contributed by atoms with van der Waals surface area (Å²) in [7, 11) is -3.75. The zero-order valence-electron chi connectivity index (χ0n) is 16.7. The number of thioether (sulfide) groups is 1. The highest BCUT2D eigenvalue weighted by molar-refractivity contribution is 8.00. The number of aromatic nitrogens is 1. The number of thiazole rings is 1. The number of rotatable bonds is 8. The maximum atomic E-state index is 13.1. The quantitative estimate of drug-likeness (QED) is 0.328. The molecule has 32 heavy (non-hydrogen) atoms. The third-order valence-corrected chi connectivity index (χ3v) is 7.86. The van der Waals surface area contributed by atoms with Crippen molar-refractivity contribution in [2.45, 2.75) is 15.0 Å². The summed E-state index contributed by atoms with van der Waals surface area (Å²) in [6.07, 6.45) is 1.53. The predicted octanol–water partition coefficient (Wildman–Crippen LogP) is 5.42. The van der Waals surface area contributed by atoms with Crippen molar-refractivity contribution >= 4 is 49.8 Å². The number of amides is 1. The topological polar surface area (TPSA) is 88.2 Å². The van der Waals surface area contributed by atoms with Crippen molar-refractivity contribution in [2.75, 3.05) is 10.0 Å². The molecule has 0 aliphatic heterocycles. The lowest BCUT2D eigenvalue weighted by atomic mass is 10.1. The summed E-state index contributed by atoms with van der Waals surface area (Å²) in [6.45, 7) is 0. The average molecular weight is 482 g/mol. The van der Waals surface area contributed by atoms with Gasteiger partial charge in [0.25, 0.3) is 10.0 Å². The maximum absolute atomic E-state index is 13.1. The fraction of sp³-hybridized carbons (Fsp3) is 0.0435. The van der Waals surface area contributed by atoms with Crippen LogP contribution in [0.25, 0.3) is 0 Å². The summed E-state index contributed by atoms with van der Waals surface area (Å²) >= 11 is 2.65. The van der Waals surface area contributed by atoms with Crippen LogP contribution in [0, 0.1) is 0 Å². The Morgan fingerprint density at radius 1 is 0.906 bits per heavy atom. The van der Waals surface area contributed by atoms with Crippen LogP contribution in [0.15, 0.2) is 106 Å². The first kappa shape index (κ1) is 22.1. The Kier molecular flexibility index (Phi) is 6.89. The Balaban J connectivity index is 1.50. The summed E-state index contributed by atoms with van der Waals surface area (Å²) in [4.78, 5) is 18.1. The van der Waals surface area contributed by atoms with Crippen molar-refractivity contribution in [1.29, 1.82) is 0 Å². The molecule has 0 saturated carbocycles. The summed E-state index contributed by atoms with van der Waals surface area (Å²) in [5.41, 5.74) is 1.39. The van der Waals surface area contributed by atoms with Gasteiger partial charge in [0.15, 0.2) is 5.13 Å². The largest absolute Gasteiger partial charge is 0.325 e. The number of nitrogens with zero attached hydrogens (tertiary/aromatic N) is 1. The van der Waals surface area contributed by atoms with Crippen LogP contribution in [0.2, 0.25) is 0 Å². The number of carbonyl (C=O) groups excluding carboxylic acids is 1. The Morgan fingerprint density at radius 3 is 2.19 bits per heavy atom. The number of carbonyl (C=O) groups is 1. The predicted molar refractivity (Wildman–Crippen MR) is 129 cm³/mol. The zero-order chi connectivity index (χ0) is 22.4. The Morgan fingerprint density at radius 2 is 1.56 bits per heavy atom. The van der Waals surface area contributed by atoms with Crippen molar-refractivity contribution < 1.29 is 13.2 Å². The molecule has 0 fully saturated rings. The molecular formula is C23H19N3O3S3. The lowest BCUT2D eigenvalue weighted by Crippen LogP contribution is -2.19. The van der Waals surface area contributed by atoms with Crippen LogP contribution in [0.4, 0.5) is 10.8 Å². The van der Waals surface area contributed by atoms with E-state index in [4.69, 9.17) is 0 Å². The van der Waals surface area contributed by atoms with E-state index in [1.165, 1.54) is 41.4 Å². The molecule has 1 unspecified atom stereocenters. The molecule has 3 aromatic carbocycles. The van der Waals surface area contributed by atoms with E-state index < -0.39 is 15.3 Å². The average Bonchev–Trinajstić information content (AvgIpc) is 3.31. The van der Waals surface area contributed by atoms with Gasteiger partial charge in [-0.25, -0.2) is 13.4 Å². The number of benzene rings is 3. The molecule has 0 aliphatic rings. The minimum absolute atomic E-state index is 0.0870. The second-order valence-electron chi connectivity index (χ2n) is 6.68. The van der Waals surface area contributed by atoms with E-state index in [0.717, 1.165) is 10.5 Å². The number of nitrogens with one attached hydrogen (secondary N) is 2. The van der Waals surface area contributed by atoms with Gasteiger partial charge in [0.2, 0.25) is 5.91 Å². The molecule has 9 heteroatoms. The van der Waals surface area contributed by atoms with Crippen molar-refractivity contribution in [3.63, 3.8) is 0 Å². The summed E-state index contributed by atoms with van der Waals surface area (Å²) < 4.78 is 27.4. The van der Waals surface area contributed by atoms with E-state index in [0.29, 0.717) is 10.8 Å². The second kappa shape index (κ2) is 9.99. The number of anilines is 2. The number of hydrogen-bond donors (Lipinski definition) is 2. The molecule has 0 spiro atoms. The standard InChI is InChI=1S/C23H19N3O3S3/c27-22(21(17-7-3-1-4-8-17)31-19-9-5-2-6-10-19)25-18-11-13-20(14-12-18)32(28,29)26-23-24-15-16-30-23/h1-16,21H,(H,24,26)(H,25,27). The van der Waals surface area contributed by atoms with E-state index in [1.807, 2.05) is 60.7 Å². The maximum Gasteiger partial charge on any atom is 0.263 e. The van der Waals surface area contributed by atoms with Crippen LogP contribution in [-0.4, -0.2) is 19.3 Å². The van der Waals surface area contributed by atoms with Gasteiger partial charge in [-0.15, -0.1) is 23.1 Å². The monoisotopic (exact) mass is 481 g/mol. The highest BCUT2D eigenvalue weighted by Crippen LogP contribution is 2.36. The molecule has 0 radical (unpaired) electrons. The fourth-order valence-electron chi connectivity index (χ4n) is 2.91. The van der Waals surface area contributed by atoms with Gasteiger partial charge in [0.05, 0.1) is 4.90 Å². The molecular weight excluding hydrogens is 462 g/mol. The van der Waals surface area contributed by atoms with Crippen molar-refractivity contribution in [3.8, 4) is 0 Å². The van der Waals surface area contributed by atoms with E-state index in [1.54, 1.807) is 17.5 Å². The zero-order valence-corrected chi connectivity index (χ0v) is 19.2. The molecule has 4 aromatic rings. The lowest BCUT2D eigenvalue weighted by Gasteiger charge is -2.17. The first-order valence-electron chi connectivity index (χ1n) is 9.61. The van der Waals surface area contributed by atoms with E-state index in [9.17, 15) is 13.2 Å². The van der Waals surface area contributed by atoms with Gasteiger partial charge >= 0.3 is 0 Å². The summed E-state index contributed by atoms with van der Waals surface area (Å²) in [5.74, 6) is -0.193. The van der Waals surface area contributed by atoms with Crippen LogP contribution in [0.5, 0.6) is 0 Å². The van der Waals surface area contributed by atoms with Gasteiger partial charge < -0.3 is 5.32 Å². The van der Waals surface area contributed by atoms with Crippen LogP contribution in [-0.2, 0) is 14.8 Å². The van der Waals surface area contributed by atoms with Gasteiger partial charge in [-0.2, -0.15) is 0 Å². The molecule has 1 heterocycles. The molecule has 0 saturated heterocycles. The molecule has 1 amide bonds. The van der Waals surface area contributed by atoms with E-state index >= 15 is 0 Å². The van der Waals surface area contributed by atoms with Crippen LogP contribution >= 0.6 is 23.1 Å². The molecule has 4 rings (SSSR count). The SMILES string of the molecule is O=C(Nc1ccc(S(=O)(=O)Nc2nccs2)cc1)C(Sc1ccccc1)c1ccccc1. The normalized spacial score (nSPS) is 12.1. The Hall–Kier alpha value is -3.14.